The standard InChI is InChI=1S/C17H22FN3O2/c1-10-4-5-21(12(6-10)9-19)17(23)14-8-16(22)20-15-7-11(18)2-3-13(14)15/h2-3,7,10,12,14H,4-6,8-9,19H2,1H3,(H,20,22). The van der Waals surface area contributed by atoms with E-state index in [9.17, 15) is 14.0 Å². The molecule has 0 aromatic heterocycles. The van der Waals surface area contributed by atoms with Gasteiger partial charge in [-0.05, 0) is 36.5 Å². The molecule has 23 heavy (non-hydrogen) atoms. The van der Waals surface area contributed by atoms with Crippen LogP contribution >= 0.6 is 0 Å². The first kappa shape index (κ1) is 15.9. The molecule has 0 bridgehead atoms. The molecule has 3 unspecified atom stereocenters. The molecule has 0 saturated carbocycles. The minimum absolute atomic E-state index is 0.0140. The molecule has 6 heteroatoms. The summed E-state index contributed by atoms with van der Waals surface area (Å²) in [5.74, 6) is -0.764. The molecule has 3 atom stereocenters. The normalized spacial score (nSPS) is 27.3. The largest absolute Gasteiger partial charge is 0.338 e. The van der Waals surface area contributed by atoms with Crippen molar-refractivity contribution in [2.75, 3.05) is 18.4 Å². The summed E-state index contributed by atoms with van der Waals surface area (Å²) in [6, 6.07) is 4.21. The summed E-state index contributed by atoms with van der Waals surface area (Å²) in [6.07, 6.45) is 1.93. The fourth-order valence-corrected chi connectivity index (χ4v) is 3.62. The van der Waals surface area contributed by atoms with Crippen LogP contribution in [0.3, 0.4) is 0 Å². The maximum Gasteiger partial charge on any atom is 0.231 e. The molecule has 3 N–H and O–H groups in total. The van der Waals surface area contributed by atoms with Crippen LogP contribution in [-0.4, -0.2) is 35.8 Å². The van der Waals surface area contributed by atoms with Crippen molar-refractivity contribution in [3.05, 3.63) is 29.6 Å². The van der Waals surface area contributed by atoms with Crippen molar-refractivity contribution in [1.29, 1.82) is 0 Å². The van der Waals surface area contributed by atoms with Gasteiger partial charge in [0.05, 0.1) is 5.92 Å². The second-order valence-electron chi connectivity index (χ2n) is 6.59. The molecular formula is C17H22FN3O2. The Morgan fingerprint density at radius 3 is 3.00 bits per heavy atom. The SMILES string of the molecule is CC1CCN(C(=O)C2CC(=O)Nc3cc(F)ccc32)C(CN)C1. The third-order valence-corrected chi connectivity index (χ3v) is 4.89. The zero-order chi connectivity index (χ0) is 16.6. The summed E-state index contributed by atoms with van der Waals surface area (Å²) in [5, 5.41) is 2.65. The Morgan fingerprint density at radius 1 is 1.48 bits per heavy atom. The quantitative estimate of drug-likeness (QED) is 0.873. The molecule has 124 valence electrons. The Kier molecular flexibility index (Phi) is 4.35. The van der Waals surface area contributed by atoms with Crippen LogP contribution in [0.4, 0.5) is 10.1 Å². The van der Waals surface area contributed by atoms with Crippen LogP contribution < -0.4 is 11.1 Å². The number of benzene rings is 1. The van der Waals surface area contributed by atoms with Crippen molar-refractivity contribution in [3.8, 4) is 0 Å². The zero-order valence-electron chi connectivity index (χ0n) is 13.2. The van der Waals surface area contributed by atoms with E-state index in [2.05, 4.69) is 12.2 Å². The summed E-state index contributed by atoms with van der Waals surface area (Å²) in [7, 11) is 0. The first-order valence-corrected chi connectivity index (χ1v) is 8.09. The third-order valence-electron chi connectivity index (χ3n) is 4.89. The zero-order valence-corrected chi connectivity index (χ0v) is 13.2. The van der Waals surface area contributed by atoms with E-state index in [1.165, 1.54) is 12.1 Å². The number of carbonyl (C=O) groups is 2. The van der Waals surface area contributed by atoms with Crippen LogP contribution in [-0.2, 0) is 9.59 Å². The van der Waals surface area contributed by atoms with Crippen molar-refractivity contribution >= 4 is 17.5 Å². The summed E-state index contributed by atoms with van der Waals surface area (Å²) >= 11 is 0. The fourth-order valence-electron chi connectivity index (χ4n) is 3.62. The van der Waals surface area contributed by atoms with Crippen molar-refractivity contribution < 1.29 is 14.0 Å². The van der Waals surface area contributed by atoms with Gasteiger partial charge in [0.2, 0.25) is 11.8 Å². The van der Waals surface area contributed by atoms with Gasteiger partial charge < -0.3 is 16.0 Å². The molecule has 0 spiro atoms. The van der Waals surface area contributed by atoms with E-state index >= 15 is 0 Å². The monoisotopic (exact) mass is 319 g/mol. The third kappa shape index (κ3) is 3.08. The molecule has 0 radical (unpaired) electrons. The van der Waals surface area contributed by atoms with E-state index < -0.39 is 11.7 Å². The van der Waals surface area contributed by atoms with Gasteiger partial charge in [0.1, 0.15) is 5.82 Å². The highest BCUT2D eigenvalue weighted by atomic mass is 19.1. The number of hydrogen-bond acceptors (Lipinski definition) is 3. The highest BCUT2D eigenvalue weighted by molar-refractivity contribution is 6.01. The number of fused-ring (bicyclic) bond motifs is 1. The van der Waals surface area contributed by atoms with Crippen LogP contribution in [0.5, 0.6) is 0 Å². The van der Waals surface area contributed by atoms with Crippen LogP contribution in [0.2, 0.25) is 0 Å². The van der Waals surface area contributed by atoms with Crippen LogP contribution in [0.25, 0.3) is 0 Å². The lowest BCUT2D eigenvalue weighted by atomic mass is 9.86. The molecule has 1 aromatic carbocycles. The van der Waals surface area contributed by atoms with Crippen LogP contribution in [0.1, 0.15) is 37.7 Å². The van der Waals surface area contributed by atoms with E-state index in [1.807, 2.05) is 4.90 Å². The maximum absolute atomic E-state index is 13.4. The molecule has 2 aliphatic heterocycles. The molecular weight excluding hydrogens is 297 g/mol. The number of nitrogens with one attached hydrogen (secondary N) is 1. The highest BCUT2D eigenvalue weighted by Crippen LogP contribution is 2.35. The minimum atomic E-state index is -0.554. The summed E-state index contributed by atoms with van der Waals surface area (Å²) in [5.41, 5.74) is 6.93. The van der Waals surface area contributed by atoms with Crippen molar-refractivity contribution in [2.45, 2.75) is 38.1 Å². The van der Waals surface area contributed by atoms with Crippen LogP contribution in [0.15, 0.2) is 18.2 Å². The molecule has 1 fully saturated rings. The number of amides is 2. The molecule has 2 amide bonds. The molecule has 2 aliphatic rings. The van der Waals surface area contributed by atoms with Gasteiger partial charge in [-0.1, -0.05) is 13.0 Å². The van der Waals surface area contributed by atoms with E-state index in [0.29, 0.717) is 30.3 Å². The average molecular weight is 319 g/mol. The topological polar surface area (TPSA) is 75.4 Å². The molecule has 3 rings (SSSR count). The molecule has 5 nitrogen and oxygen atoms in total. The Morgan fingerprint density at radius 2 is 2.26 bits per heavy atom. The summed E-state index contributed by atoms with van der Waals surface area (Å²) in [6.45, 7) is 3.25. The second kappa shape index (κ2) is 6.28. The first-order valence-electron chi connectivity index (χ1n) is 8.09. The summed E-state index contributed by atoms with van der Waals surface area (Å²) in [4.78, 5) is 26.7. The fraction of sp³-hybridized carbons (Fsp3) is 0.529. The van der Waals surface area contributed by atoms with Crippen molar-refractivity contribution in [3.63, 3.8) is 0 Å². The predicted octanol–water partition coefficient (Wildman–Crippen LogP) is 1.84. The number of rotatable bonds is 2. The lowest BCUT2D eigenvalue weighted by Gasteiger charge is -2.40. The van der Waals surface area contributed by atoms with Gasteiger partial charge in [-0.2, -0.15) is 0 Å². The molecule has 2 heterocycles. The number of anilines is 1. The van der Waals surface area contributed by atoms with Gasteiger partial charge >= 0.3 is 0 Å². The smallest absolute Gasteiger partial charge is 0.231 e. The highest BCUT2D eigenvalue weighted by Gasteiger charge is 2.37. The van der Waals surface area contributed by atoms with E-state index in [0.717, 1.165) is 12.8 Å². The number of hydrogen-bond donors (Lipinski definition) is 2. The second-order valence-corrected chi connectivity index (χ2v) is 6.59. The lowest BCUT2D eigenvalue weighted by Crippen LogP contribution is -2.51. The van der Waals surface area contributed by atoms with E-state index in [1.54, 1.807) is 6.07 Å². The van der Waals surface area contributed by atoms with Gasteiger partial charge in [-0.25, -0.2) is 4.39 Å². The lowest BCUT2D eigenvalue weighted by molar-refractivity contribution is -0.138. The van der Waals surface area contributed by atoms with Gasteiger partial charge in [0, 0.05) is 31.2 Å². The maximum atomic E-state index is 13.4. The Balaban J connectivity index is 1.89. The first-order chi connectivity index (χ1) is 11.0. The minimum Gasteiger partial charge on any atom is -0.338 e. The van der Waals surface area contributed by atoms with E-state index in [-0.39, 0.29) is 24.3 Å². The number of nitrogens with zero attached hydrogens (tertiary/aromatic N) is 1. The van der Waals surface area contributed by atoms with Crippen molar-refractivity contribution in [1.82, 2.24) is 4.90 Å². The summed E-state index contributed by atoms with van der Waals surface area (Å²) < 4.78 is 13.4. The van der Waals surface area contributed by atoms with E-state index in [4.69, 9.17) is 5.73 Å². The van der Waals surface area contributed by atoms with Gasteiger partial charge in [0.25, 0.3) is 0 Å². The molecule has 0 aliphatic carbocycles. The van der Waals surface area contributed by atoms with Gasteiger partial charge in [-0.3, -0.25) is 9.59 Å². The van der Waals surface area contributed by atoms with Crippen molar-refractivity contribution in [2.24, 2.45) is 11.7 Å². The number of carbonyl (C=O) groups excluding carboxylic acids is 2. The van der Waals surface area contributed by atoms with Gasteiger partial charge in [-0.15, -0.1) is 0 Å². The Labute approximate surface area is 135 Å². The van der Waals surface area contributed by atoms with Gasteiger partial charge in [0.15, 0.2) is 0 Å². The molecule has 1 saturated heterocycles. The average Bonchev–Trinajstić information content (AvgIpc) is 2.52. The Hall–Kier alpha value is -1.95. The molecule has 1 aromatic rings. The number of halogens is 1. The predicted molar refractivity (Wildman–Crippen MR) is 85.3 cm³/mol. The van der Waals surface area contributed by atoms with Crippen LogP contribution in [0, 0.1) is 11.7 Å². The Bertz CT molecular complexity index is 634. The number of piperidine rings is 1. The number of likely N-dealkylation sites (tertiary alicyclic amines) is 1. The number of nitrogens with two attached hydrogens (primary N) is 1.